The second-order valence-electron chi connectivity index (χ2n) is 4.10. The number of amides is 1. The highest BCUT2D eigenvalue weighted by molar-refractivity contribution is 5.94. The van der Waals surface area contributed by atoms with E-state index in [1.54, 1.807) is 24.7 Å². The molecule has 2 N–H and O–H groups in total. The Morgan fingerprint density at radius 2 is 2.24 bits per heavy atom. The maximum absolute atomic E-state index is 11.7. The number of carboxylic acid groups (broad SMARTS) is 1. The molecule has 6 heteroatoms. The topological polar surface area (TPSA) is 84.2 Å². The number of carbonyl (C=O) groups excluding carboxylic acids is 1. The number of imidazole rings is 1. The minimum Gasteiger partial charge on any atom is -0.480 e. The summed E-state index contributed by atoms with van der Waals surface area (Å²) in [4.78, 5) is 26.6. The van der Waals surface area contributed by atoms with Crippen molar-refractivity contribution in [3.8, 4) is 0 Å². The van der Waals surface area contributed by atoms with E-state index in [-0.39, 0.29) is 11.6 Å². The van der Waals surface area contributed by atoms with Crippen LogP contribution in [0.4, 0.5) is 0 Å². The van der Waals surface area contributed by atoms with Gasteiger partial charge in [-0.05, 0) is 5.92 Å². The first-order valence-electron chi connectivity index (χ1n) is 5.47. The van der Waals surface area contributed by atoms with Gasteiger partial charge < -0.3 is 15.0 Å². The smallest absolute Gasteiger partial charge is 0.326 e. The Balaban J connectivity index is 2.74. The summed E-state index contributed by atoms with van der Waals surface area (Å²) < 4.78 is 1.63. The van der Waals surface area contributed by atoms with Crippen LogP contribution in [0.3, 0.4) is 0 Å². The number of hydrogen-bond acceptors (Lipinski definition) is 3. The van der Waals surface area contributed by atoms with Gasteiger partial charge in [0.15, 0.2) is 0 Å². The predicted octanol–water partition coefficient (Wildman–Crippen LogP) is 0.649. The average Bonchev–Trinajstić information content (AvgIpc) is 2.71. The molecule has 1 rings (SSSR count). The van der Waals surface area contributed by atoms with Gasteiger partial charge in [-0.3, -0.25) is 4.79 Å². The van der Waals surface area contributed by atoms with Gasteiger partial charge in [-0.2, -0.15) is 0 Å². The lowest BCUT2D eigenvalue weighted by Gasteiger charge is -2.19. The highest BCUT2D eigenvalue weighted by Crippen LogP contribution is 2.08. The third kappa shape index (κ3) is 3.30. The highest BCUT2D eigenvalue weighted by atomic mass is 16.4. The lowest BCUT2D eigenvalue weighted by Crippen LogP contribution is -2.45. The molecule has 0 spiro atoms. The van der Waals surface area contributed by atoms with Crippen LogP contribution in [0, 0.1) is 5.92 Å². The Morgan fingerprint density at radius 1 is 1.59 bits per heavy atom. The van der Waals surface area contributed by atoms with E-state index in [0.29, 0.717) is 6.42 Å². The number of nitrogens with zero attached hydrogens (tertiary/aromatic N) is 2. The van der Waals surface area contributed by atoms with Crippen molar-refractivity contribution >= 4 is 11.9 Å². The van der Waals surface area contributed by atoms with Crippen molar-refractivity contribution < 1.29 is 14.7 Å². The summed E-state index contributed by atoms with van der Waals surface area (Å²) >= 11 is 0. The number of aryl methyl sites for hydroxylation is 1. The fraction of sp³-hybridized carbons (Fsp3) is 0.545. The Labute approximate surface area is 99.7 Å². The molecule has 0 unspecified atom stereocenters. The summed E-state index contributed by atoms with van der Waals surface area (Å²) in [6, 6.07) is -0.880. The molecule has 0 bridgehead atoms. The minimum absolute atomic E-state index is 0.125. The molecule has 0 radical (unpaired) electrons. The van der Waals surface area contributed by atoms with Crippen molar-refractivity contribution in [2.24, 2.45) is 13.0 Å². The molecule has 0 fully saturated rings. The second-order valence-corrected chi connectivity index (χ2v) is 4.10. The van der Waals surface area contributed by atoms with E-state index in [2.05, 4.69) is 10.3 Å². The largest absolute Gasteiger partial charge is 0.480 e. The molecule has 0 saturated heterocycles. The van der Waals surface area contributed by atoms with Crippen LogP contribution in [0.15, 0.2) is 12.5 Å². The molecule has 0 aliphatic rings. The third-order valence-corrected chi connectivity index (χ3v) is 2.70. The van der Waals surface area contributed by atoms with Crippen LogP contribution >= 0.6 is 0 Å². The van der Waals surface area contributed by atoms with Crippen LogP contribution < -0.4 is 5.32 Å². The number of aliphatic carboxylic acids is 1. The van der Waals surface area contributed by atoms with Crippen molar-refractivity contribution in [1.29, 1.82) is 0 Å². The molecule has 0 aliphatic heterocycles. The number of carboxylic acids is 1. The highest BCUT2D eigenvalue weighted by Gasteiger charge is 2.26. The van der Waals surface area contributed by atoms with Gasteiger partial charge in [-0.15, -0.1) is 0 Å². The van der Waals surface area contributed by atoms with Crippen molar-refractivity contribution in [2.75, 3.05) is 0 Å². The Kier molecular flexibility index (Phi) is 4.25. The number of nitrogens with one attached hydrogen (secondary N) is 1. The Morgan fingerprint density at radius 3 is 2.65 bits per heavy atom. The lowest BCUT2D eigenvalue weighted by molar-refractivity contribution is -0.140. The number of rotatable bonds is 5. The van der Waals surface area contributed by atoms with E-state index in [0.717, 1.165) is 0 Å². The third-order valence-electron chi connectivity index (χ3n) is 2.70. The van der Waals surface area contributed by atoms with Crippen LogP contribution in [0.25, 0.3) is 0 Å². The Bertz CT molecular complexity index is 414. The van der Waals surface area contributed by atoms with Gasteiger partial charge in [-0.1, -0.05) is 20.3 Å². The summed E-state index contributed by atoms with van der Waals surface area (Å²) in [6.45, 7) is 3.67. The first kappa shape index (κ1) is 13.2. The first-order valence-corrected chi connectivity index (χ1v) is 5.47. The molecule has 94 valence electrons. The quantitative estimate of drug-likeness (QED) is 0.790. The van der Waals surface area contributed by atoms with Gasteiger partial charge in [0.25, 0.3) is 5.91 Å². The molecule has 0 aliphatic carbocycles. The molecule has 6 nitrogen and oxygen atoms in total. The van der Waals surface area contributed by atoms with Crippen molar-refractivity contribution in [1.82, 2.24) is 14.9 Å². The van der Waals surface area contributed by atoms with E-state index < -0.39 is 17.9 Å². The molecule has 1 amide bonds. The molecule has 2 atom stereocenters. The summed E-state index contributed by atoms with van der Waals surface area (Å²) in [7, 11) is 1.74. The average molecular weight is 239 g/mol. The van der Waals surface area contributed by atoms with Gasteiger partial charge in [0.1, 0.15) is 11.7 Å². The van der Waals surface area contributed by atoms with E-state index in [1.165, 1.54) is 6.33 Å². The van der Waals surface area contributed by atoms with Crippen LogP contribution in [0.5, 0.6) is 0 Å². The molecular formula is C11H17N3O3. The second kappa shape index (κ2) is 5.47. The maximum atomic E-state index is 11.7. The molecule has 1 heterocycles. The fourth-order valence-electron chi connectivity index (χ4n) is 1.43. The van der Waals surface area contributed by atoms with Crippen LogP contribution in [0.1, 0.15) is 30.8 Å². The van der Waals surface area contributed by atoms with E-state index in [1.807, 2.05) is 6.92 Å². The molecule has 17 heavy (non-hydrogen) atoms. The Hall–Kier alpha value is -1.85. The monoisotopic (exact) mass is 239 g/mol. The van der Waals surface area contributed by atoms with Crippen LogP contribution in [0.2, 0.25) is 0 Å². The van der Waals surface area contributed by atoms with Gasteiger partial charge in [0, 0.05) is 13.2 Å². The summed E-state index contributed by atoms with van der Waals surface area (Å²) in [6.07, 6.45) is 3.72. The van der Waals surface area contributed by atoms with Crippen LogP contribution in [-0.2, 0) is 11.8 Å². The summed E-state index contributed by atoms with van der Waals surface area (Å²) in [5, 5.41) is 11.5. The van der Waals surface area contributed by atoms with Crippen molar-refractivity contribution in [2.45, 2.75) is 26.3 Å². The summed E-state index contributed by atoms with van der Waals surface area (Å²) in [5.74, 6) is -1.61. The van der Waals surface area contributed by atoms with Crippen molar-refractivity contribution in [3.05, 3.63) is 18.2 Å². The van der Waals surface area contributed by atoms with Crippen LogP contribution in [-0.4, -0.2) is 32.6 Å². The first-order chi connectivity index (χ1) is 7.95. The predicted molar refractivity (Wildman–Crippen MR) is 61.6 cm³/mol. The molecular weight excluding hydrogens is 222 g/mol. The summed E-state index contributed by atoms with van der Waals surface area (Å²) in [5.41, 5.74) is 0.224. The normalized spacial score (nSPS) is 14.1. The van der Waals surface area contributed by atoms with E-state index in [4.69, 9.17) is 5.11 Å². The van der Waals surface area contributed by atoms with Gasteiger partial charge >= 0.3 is 5.97 Å². The zero-order chi connectivity index (χ0) is 13.0. The van der Waals surface area contributed by atoms with Gasteiger partial charge in [0.2, 0.25) is 0 Å². The van der Waals surface area contributed by atoms with Gasteiger partial charge in [0.05, 0.1) is 6.33 Å². The maximum Gasteiger partial charge on any atom is 0.326 e. The standard InChI is InChI=1S/C11H17N3O3/c1-4-7(2)9(11(16)17)13-10(15)8-5-14(3)6-12-8/h5-7,9H,4H2,1-3H3,(H,13,15)(H,16,17)/t7-,9-/m0/s1. The van der Waals surface area contributed by atoms with E-state index in [9.17, 15) is 9.59 Å². The molecule has 0 aromatic carbocycles. The van der Waals surface area contributed by atoms with Gasteiger partial charge in [-0.25, -0.2) is 9.78 Å². The zero-order valence-electron chi connectivity index (χ0n) is 10.2. The number of aromatic nitrogens is 2. The molecule has 1 aromatic heterocycles. The van der Waals surface area contributed by atoms with Crippen molar-refractivity contribution in [3.63, 3.8) is 0 Å². The minimum atomic E-state index is -1.02. The van der Waals surface area contributed by atoms with E-state index >= 15 is 0 Å². The SMILES string of the molecule is CC[C@H](C)[C@H](NC(=O)c1cn(C)cn1)C(=O)O. The lowest BCUT2D eigenvalue weighted by atomic mass is 9.99. The fourth-order valence-corrected chi connectivity index (χ4v) is 1.43. The number of carbonyl (C=O) groups is 2. The molecule has 1 aromatic rings. The molecule has 0 saturated carbocycles. The zero-order valence-corrected chi connectivity index (χ0v) is 10.2. The number of hydrogen-bond donors (Lipinski definition) is 2.